The monoisotopic (exact) mass is 317 g/mol. The quantitative estimate of drug-likeness (QED) is 0.784. The fourth-order valence-corrected chi connectivity index (χ4v) is 2.88. The highest BCUT2D eigenvalue weighted by atomic mass is 35.7. The number of carbonyl (C=O) groups is 1. The molecule has 4 nitrogen and oxygen atoms in total. The Morgan fingerprint density at radius 3 is 2.30 bits per heavy atom. The van der Waals surface area contributed by atoms with E-state index in [1.54, 1.807) is 11.8 Å². The van der Waals surface area contributed by atoms with Crippen LogP contribution in [0.15, 0.2) is 17.0 Å². The molecule has 0 heterocycles. The van der Waals surface area contributed by atoms with E-state index in [-0.39, 0.29) is 10.8 Å². The summed E-state index contributed by atoms with van der Waals surface area (Å²) in [6.45, 7) is 8.71. The number of hydrogen-bond acceptors (Lipinski definition) is 3. The molecule has 0 spiro atoms. The zero-order valence-electron chi connectivity index (χ0n) is 12.2. The van der Waals surface area contributed by atoms with Gasteiger partial charge in [0, 0.05) is 29.3 Å². The molecule has 20 heavy (non-hydrogen) atoms. The third-order valence-electron chi connectivity index (χ3n) is 3.32. The highest BCUT2D eigenvalue weighted by Gasteiger charge is 2.20. The lowest BCUT2D eigenvalue weighted by atomic mass is 10.0. The molecule has 0 bridgehead atoms. The predicted molar refractivity (Wildman–Crippen MR) is 80.8 cm³/mol. The first-order valence-corrected chi connectivity index (χ1v) is 8.88. The van der Waals surface area contributed by atoms with Crippen LogP contribution in [0.5, 0.6) is 0 Å². The van der Waals surface area contributed by atoms with Gasteiger partial charge in [-0.2, -0.15) is 0 Å². The van der Waals surface area contributed by atoms with Gasteiger partial charge in [0.2, 0.25) is 0 Å². The van der Waals surface area contributed by atoms with E-state index in [1.807, 2.05) is 20.8 Å². The van der Waals surface area contributed by atoms with Crippen LogP contribution in [0.3, 0.4) is 0 Å². The van der Waals surface area contributed by atoms with Crippen LogP contribution in [0.2, 0.25) is 0 Å². The summed E-state index contributed by atoms with van der Waals surface area (Å²) in [4.78, 5) is 14.2. The van der Waals surface area contributed by atoms with E-state index in [9.17, 15) is 13.2 Å². The molecule has 0 radical (unpaired) electrons. The van der Waals surface area contributed by atoms with Crippen molar-refractivity contribution in [3.63, 3.8) is 0 Å². The zero-order valence-corrected chi connectivity index (χ0v) is 13.8. The Bertz CT molecular complexity index is 611. The molecule has 0 fully saturated rings. The van der Waals surface area contributed by atoms with E-state index in [0.717, 1.165) is 17.5 Å². The Hall–Kier alpha value is -1.07. The molecule has 0 unspecified atom stereocenters. The van der Waals surface area contributed by atoms with Gasteiger partial charge in [0.25, 0.3) is 15.0 Å². The molecule has 0 saturated heterocycles. The molecule has 6 heteroatoms. The fraction of sp³-hybridized carbons (Fsp3) is 0.500. The van der Waals surface area contributed by atoms with Crippen LogP contribution in [0.1, 0.15) is 41.8 Å². The Kier molecular flexibility index (Phi) is 5.59. The van der Waals surface area contributed by atoms with Crippen molar-refractivity contribution in [1.82, 2.24) is 4.90 Å². The van der Waals surface area contributed by atoms with Crippen molar-refractivity contribution in [3.05, 3.63) is 28.8 Å². The van der Waals surface area contributed by atoms with Crippen LogP contribution in [-0.4, -0.2) is 32.3 Å². The summed E-state index contributed by atoms with van der Waals surface area (Å²) in [5.74, 6) is -0.155. The minimum atomic E-state index is -3.84. The predicted octanol–water partition coefficient (Wildman–Crippen LogP) is 3.10. The maximum Gasteiger partial charge on any atom is 0.261 e. The van der Waals surface area contributed by atoms with E-state index in [1.165, 1.54) is 12.1 Å². The first-order chi connectivity index (χ1) is 9.22. The first-order valence-electron chi connectivity index (χ1n) is 6.57. The number of nitrogens with zero attached hydrogens (tertiary/aromatic N) is 1. The van der Waals surface area contributed by atoms with Crippen molar-refractivity contribution in [2.45, 2.75) is 39.0 Å². The van der Waals surface area contributed by atoms with Gasteiger partial charge < -0.3 is 4.90 Å². The van der Waals surface area contributed by atoms with Crippen molar-refractivity contribution in [3.8, 4) is 0 Å². The summed E-state index contributed by atoms with van der Waals surface area (Å²) in [7, 11) is 1.54. The van der Waals surface area contributed by atoms with Gasteiger partial charge in [-0.25, -0.2) is 8.42 Å². The largest absolute Gasteiger partial charge is 0.339 e. The lowest BCUT2D eigenvalue weighted by Gasteiger charge is -2.22. The van der Waals surface area contributed by atoms with Gasteiger partial charge in [-0.15, -0.1) is 0 Å². The van der Waals surface area contributed by atoms with E-state index < -0.39 is 9.05 Å². The average Bonchev–Trinajstić information content (AvgIpc) is 2.37. The third-order valence-corrected chi connectivity index (χ3v) is 4.65. The molecule has 1 aromatic carbocycles. The average molecular weight is 318 g/mol. The first kappa shape index (κ1) is 17.0. The van der Waals surface area contributed by atoms with Crippen molar-refractivity contribution in [2.24, 2.45) is 0 Å². The van der Waals surface area contributed by atoms with Crippen molar-refractivity contribution < 1.29 is 13.2 Å². The molecule has 112 valence electrons. The van der Waals surface area contributed by atoms with Gasteiger partial charge in [0.15, 0.2) is 0 Å². The van der Waals surface area contributed by atoms with Crippen LogP contribution in [0, 0.1) is 13.8 Å². The summed E-state index contributed by atoms with van der Waals surface area (Å²) < 4.78 is 23.0. The fourth-order valence-electron chi connectivity index (χ4n) is 2.03. The third kappa shape index (κ3) is 3.73. The minimum Gasteiger partial charge on any atom is -0.339 e. The van der Waals surface area contributed by atoms with Crippen molar-refractivity contribution >= 4 is 25.6 Å². The molecule has 1 aromatic rings. The Morgan fingerprint density at radius 1 is 1.25 bits per heavy atom. The van der Waals surface area contributed by atoms with Crippen molar-refractivity contribution in [1.29, 1.82) is 0 Å². The van der Waals surface area contributed by atoms with Gasteiger partial charge in [0.1, 0.15) is 0 Å². The number of rotatable bonds is 5. The number of benzene rings is 1. The maximum absolute atomic E-state index is 12.5. The van der Waals surface area contributed by atoms with Gasteiger partial charge in [-0.1, -0.05) is 6.92 Å². The molecule has 1 rings (SSSR count). The Balaban J connectivity index is 3.37. The second-order valence-corrected chi connectivity index (χ2v) is 7.30. The molecule has 0 atom stereocenters. The Labute approximate surface area is 125 Å². The van der Waals surface area contributed by atoms with Crippen molar-refractivity contribution in [2.75, 3.05) is 13.1 Å². The Morgan fingerprint density at radius 2 is 1.85 bits per heavy atom. The normalized spacial score (nSPS) is 11.4. The zero-order chi connectivity index (χ0) is 15.5. The minimum absolute atomic E-state index is 0.0295. The van der Waals surface area contributed by atoms with Crippen LogP contribution >= 0.6 is 10.7 Å². The summed E-state index contributed by atoms with van der Waals surface area (Å²) in [6, 6.07) is 2.86. The topological polar surface area (TPSA) is 54.5 Å². The number of halogens is 1. The summed E-state index contributed by atoms with van der Waals surface area (Å²) in [6.07, 6.45) is 0.852. The number of aryl methyl sites for hydroxylation is 1. The molecular formula is C14H20ClNO3S. The van der Waals surface area contributed by atoms with E-state index in [4.69, 9.17) is 10.7 Å². The van der Waals surface area contributed by atoms with Gasteiger partial charge in [0.05, 0.1) is 4.90 Å². The molecule has 0 N–H and O–H groups in total. The smallest absolute Gasteiger partial charge is 0.261 e. The number of carbonyl (C=O) groups excluding carboxylic acids is 1. The maximum atomic E-state index is 12.5. The van der Waals surface area contributed by atoms with Crippen LogP contribution in [0.4, 0.5) is 0 Å². The molecular weight excluding hydrogens is 298 g/mol. The molecule has 0 saturated carbocycles. The highest BCUT2D eigenvalue weighted by molar-refractivity contribution is 8.13. The molecule has 0 aliphatic carbocycles. The van der Waals surface area contributed by atoms with E-state index >= 15 is 0 Å². The van der Waals surface area contributed by atoms with E-state index in [0.29, 0.717) is 18.7 Å². The second kappa shape index (κ2) is 6.59. The van der Waals surface area contributed by atoms with Gasteiger partial charge in [-0.3, -0.25) is 4.79 Å². The number of amides is 1. The highest BCUT2D eigenvalue weighted by Crippen LogP contribution is 2.23. The summed E-state index contributed by atoms with van der Waals surface area (Å²) in [5.41, 5.74) is 1.93. The standard InChI is InChI=1S/C14H20ClNO3S/c1-5-7-16(6-2)14(17)13-9-12(20(15,18)19)8-10(3)11(13)4/h8-9H,5-7H2,1-4H3. The molecule has 0 aliphatic heterocycles. The summed E-state index contributed by atoms with van der Waals surface area (Å²) >= 11 is 0. The lowest BCUT2D eigenvalue weighted by molar-refractivity contribution is 0.0763. The van der Waals surface area contributed by atoms with Crippen LogP contribution in [0.25, 0.3) is 0 Å². The molecule has 1 amide bonds. The van der Waals surface area contributed by atoms with Gasteiger partial charge >= 0.3 is 0 Å². The van der Waals surface area contributed by atoms with Crippen LogP contribution < -0.4 is 0 Å². The number of hydrogen-bond donors (Lipinski definition) is 0. The van der Waals surface area contributed by atoms with E-state index in [2.05, 4.69) is 0 Å². The SMILES string of the molecule is CCCN(CC)C(=O)c1cc(S(=O)(=O)Cl)cc(C)c1C. The summed E-state index contributed by atoms with van der Waals surface area (Å²) in [5, 5.41) is 0. The van der Waals surface area contributed by atoms with Gasteiger partial charge in [-0.05, 0) is 50.5 Å². The molecule has 0 aromatic heterocycles. The van der Waals surface area contributed by atoms with Crippen LogP contribution in [-0.2, 0) is 9.05 Å². The molecule has 0 aliphatic rings. The lowest BCUT2D eigenvalue weighted by Crippen LogP contribution is -2.32. The second-order valence-electron chi connectivity index (χ2n) is 4.74.